The van der Waals surface area contributed by atoms with Crippen LogP contribution in [0.1, 0.15) is 22.3 Å². The zero-order valence-electron chi connectivity index (χ0n) is 27.3. The van der Waals surface area contributed by atoms with Gasteiger partial charge in [0.15, 0.2) is 0 Å². The Morgan fingerprint density at radius 1 is 0.592 bits per heavy atom. The molecule has 49 heavy (non-hydrogen) atoms. The second-order valence-corrected chi connectivity index (χ2v) is 12.0. The lowest BCUT2D eigenvalue weighted by Crippen LogP contribution is -2.40. The summed E-state index contributed by atoms with van der Waals surface area (Å²) in [5.41, 5.74) is 7.32. The summed E-state index contributed by atoms with van der Waals surface area (Å²) in [6.07, 6.45) is 0. The number of carbonyl (C=O) groups is 1. The number of para-hydroxylation sites is 1. The van der Waals surface area contributed by atoms with E-state index < -0.39 is 5.41 Å². The van der Waals surface area contributed by atoms with Crippen molar-refractivity contribution >= 4 is 17.3 Å². The van der Waals surface area contributed by atoms with Gasteiger partial charge in [-0.25, -0.2) is 0 Å². The maximum Gasteiger partial charge on any atom is 0.251 e. The largest absolute Gasteiger partial charge is 0.491 e. The third kappa shape index (κ3) is 5.75. The van der Waals surface area contributed by atoms with Crippen molar-refractivity contribution in [1.82, 2.24) is 0 Å². The average molecular weight is 648 g/mol. The van der Waals surface area contributed by atoms with Crippen molar-refractivity contribution in [1.29, 1.82) is 0 Å². The Balaban J connectivity index is 1.54. The topological polar surface area (TPSA) is 79.2 Å². The molecule has 0 spiro atoms. The molecule has 0 atom stereocenters. The van der Waals surface area contributed by atoms with Crippen LogP contribution in [-0.4, -0.2) is 42.5 Å². The van der Waals surface area contributed by atoms with Gasteiger partial charge < -0.3 is 19.7 Å². The van der Waals surface area contributed by atoms with E-state index in [1.54, 1.807) is 0 Å². The van der Waals surface area contributed by atoms with Gasteiger partial charge in [0.25, 0.3) is 5.91 Å². The number of amides is 1. The van der Waals surface area contributed by atoms with Crippen molar-refractivity contribution in [3.63, 3.8) is 0 Å². The number of anilines is 2. The average Bonchev–Trinajstić information content (AvgIpc) is 3.42. The van der Waals surface area contributed by atoms with Crippen molar-refractivity contribution in [3.05, 3.63) is 168 Å². The molecule has 0 radical (unpaired) electrons. The number of carbonyl (C=O) groups excluding carboxylic acids is 1. The number of benzene rings is 6. The molecular weight excluding hydrogens is 610 g/mol. The van der Waals surface area contributed by atoms with Crippen LogP contribution >= 0.6 is 0 Å². The molecule has 1 aliphatic heterocycles. The molecule has 0 bridgehead atoms. The van der Waals surface area contributed by atoms with E-state index in [-0.39, 0.29) is 32.3 Å². The fourth-order valence-electron chi connectivity index (χ4n) is 6.83. The first-order chi connectivity index (χ1) is 24.1. The molecule has 6 aromatic carbocycles. The second-order valence-electron chi connectivity index (χ2n) is 12.0. The molecule has 6 heteroatoms. The molecule has 7 rings (SSSR count). The summed E-state index contributed by atoms with van der Waals surface area (Å²) in [6.45, 7) is 2.07. The maximum atomic E-state index is 15.6. The number of ether oxygens (including phenoxy) is 2. The fourth-order valence-corrected chi connectivity index (χ4v) is 6.83. The third-order valence-electron chi connectivity index (χ3n) is 9.06. The van der Waals surface area contributed by atoms with Crippen LogP contribution in [0.5, 0.6) is 11.5 Å². The summed E-state index contributed by atoms with van der Waals surface area (Å²) >= 11 is 0. The molecule has 2 N–H and O–H groups in total. The molecule has 1 amide bonds. The molecule has 0 aliphatic carbocycles. The molecule has 1 heterocycles. The van der Waals surface area contributed by atoms with Gasteiger partial charge in [0, 0.05) is 22.4 Å². The van der Waals surface area contributed by atoms with Crippen LogP contribution in [0.4, 0.5) is 11.4 Å². The highest BCUT2D eigenvalue weighted by molar-refractivity contribution is 6.17. The molecule has 0 fully saturated rings. The zero-order valence-corrected chi connectivity index (χ0v) is 27.3. The van der Waals surface area contributed by atoms with E-state index in [4.69, 9.17) is 9.47 Å². The highest BCUT2D eigenvalue weighted by Gasteiger charge is 2.54. The molecule has 6 aromatic rings. The minimum absolute atomic E-state index is 0.108. The number of aliphatic hydroxyl groups is 2. The van der Waals surface area contributed by atoms with E-state index >= 15 is 4.79 Å². The predicted molar refractivity (Wildman–Crippen MR) is 194 cm³/mol. The second kappa shape index (κ2) is 13.8. The third-order valence-corrected chi connectivity index (χ3v) is 9.06. The lowest BCUT2D eigenvalue weighted by atomic mass is 9.69. The number of hydrogen-bond acceptors (Lipinski definition) is 5. The van der Waals surface area contributed by atoms with Crippen LogP contribution < -0.4 is 14.4 Å². The van der Waals surface area contributed by atoms with Crippen LogP contribution in [0.15, 0.2) is 146 Å². The van der Waals surface area contributed by atoms with Crippen molar-refractivity contribution < 1.29 is 24.5 Å². The van der Waals surface area contributed by atoms with E-state index in [1.165, 1.54) is 0 Å². The lowest BCUT2D eigenvalue weighted by Gasteiger charge is -2.32. The normalized spacial score (nSPS) is 13.3. The Labute approximate surface area is 286 Å². The van der Waals surface area contributed by atoms with E-state index in [9.17, 15) is 10.2 Å². The van der Waals surface area contributed by atoms with Crippen molar-refractivity contribution in [2.45, 2.75) is 12.3 Å². The first-order valence-electron chi connectivity index (χ1n) is 16.4. The summed E-state index contributed by atoms with van der Waals surface area (Å²) in [7, 11) is 0. The molecule has 1 aliphatic rings. The van der Waals surface area contributed by atoms with Crippen LogP contribution in [0.3, 0.4) is 0 Å². The minimum Gasteiger partial charge on any atom is -0.491 e. The smallest absolute Gasteiger partial charge is 0.251 e. The van der Waals surface area contributed by atoms with Crippen LogP contribution in [0.25, 0.3) is 22.3 Å². The number of hydrogen-bond donors (Lipinski definition) is 2. The van der Waals surface area contributed by atoms with Crippen LogP contribution in [-0.2, 0) is 10.2 Å². The number of rotatable bonds is 11. The van der Waals surface area contributed by atoms with Crippen molar-refractivity contribution in [3.8, 4) is 33.8 Å². The van der Waals surface area contributed by atoms with Gasteiger partial charge in [-0.1, -0.05) is 109 Å². The fraction of sp³-hybridized carbons (Fsp3) is 0.140. The van der Waals surface area contributed by atoms with Gasteiger partial charge in [0.05, 0.1) is 18.9 Å². The molecule has 0 saturated heterocycles. The van der Waals surface area contributed by atoms with Gasteiger partial charge in [0.1, 0.15) is 30.1 Å². The van der Waals surface area contributed by atoms with Gasteiger partial charge in [-0.2, -0.15) is 0 Å². The van der Waals surface area contributed by atoms with E-state index in [0.29, 0.717) is 11.5 Å². The predicted octanol–water partition coefficient (Wildman–Crippen LogP) is 8.08. The van der Waals surface area contributed by atoms with E-state index in [2.05, 4.69) is 0 Å². The summed E-state index contributed by atoms with van der Waals surface area (Å²) in [6, 6.07) is 47.7. The van der Waals surface area contributed by atoms with Gasteiger partial charge in [-0.15, -0.1) is 0 Å². The number of nitrogens with zero attached hydrogens (tertiary/aromatic N) is 1. The monoisotopic (exact) mass is 647 g/mol. The molecule has 6 nitrogen and oxygen atoms in total. The van der Waals surface area contributed by atoms with E-state index in [0.717, 1.165) is 55.9 Å². The SMILES string of the molecule is Cc1ccc(N2C(=O)C(c3ccc(OCCO)c(-c4ccccc4)c3)(c3ccc(OCCO)c(-c4ccccc4)c3)c3ccccc32)cc1. The van der Waals surface area contributed by atoms with Gasteiger partial charge in [0.2, 0.25) is 0 Å². The van der Waals surface area contributed by atoms with Gasteiger partial charge >= 0.3 is 0 Å². The van der Waals surface area contributed by atoms with Gasteiger partial charge in [-0.3, -0.25) is 9.69 Å². The Morgan fingerprint density at radius 2 is 1.08 bits per heavy atom. The maximum absolute atomic E-state index is 15.6. The number of aliphatic hydroxyl groups excluding tert-OH is 2. The summed E-state index contributed by atoms with van der Waals surface area (Å²) < 4.78 is 12.1. The first kappa shape index (κ1) is 31.9. The summed E-state index contributed by atoms with van der Waals surface area (Å²) in [5.74, 6) is 1.13. The van der Waals surface area contributed by atoms with Crippen molar-refractivity contribution in [2.75, 3.05) is 31.3 Å². The number of aryl methyl sites for hydroxylation is 1. The Hall–Kier alpha value is -5.69. The Bertz CT molecular complexity index is 1980. The molecule has 0 aromatic heterocycles. The molecular formula is C43H37NO5. The standard InChI is InChI=1S/C43H37NO5/c1-30-16-20-35(21-17-30)44-39-15-9-8-14-38(39)43(42(44)47,33-18-22-40(48-26-24-45)36(28-33)31-10-4-2-5-11-31)34-19-23-41(49-27-25-46)37(29-34)32-12-6-3-7-13-32/h2-23,28-29,45-46H,24-27H2,1H3. The number of fused-ring (bicyclic) bond motifs is 1. The Kier molecular flexibility index (Phi) is 8.99. The van der Waals surface area contributed by atoms with Crippen molar-refractivity contribution in [2.24, 2.45) is 0 Å². The molecule has 0 saturated carbocycles. The first-order valence-corrected chi connectivity index (χ1v) is 16.4. The summed E-state index contributed by atoms with van der Waals surface area (Å²) in [5, 5.41) is 19.2. The van der Waals surface area contributed by atoms with Gasteiger partial charge in [-0.05, 0) is 71.6 Å². The summed E-state index contributed by atoms with van der Waals surface area (Å²) in [4.78, 5) is 17.4. The minimum atomic E-state index is -1.26. The van der Waals surface area contributed by atoms with Crippen LogP contribution in [0.2, 0.25) is 0 Å². The quantitative estimate of drug-likeness (QED) is 0.149. The Morgan fingerprint density at radius 3 is 1.59 bits per heavy atom. The van der Waals surface area contributed by atoms with Crippen LogP contribution in [0, 0.1) is 6.92 Å². The molecule has 0 unspecified atom stereocenters. The lowest BCUT2D eigenvalue weighted by molar-refractivity contribution is -0.120. The highest BCUT2D eigenvalue weighted by Crippen LogP contribution is 2.54. The molecule has 244 valence electrons. The van der Waals surface area contributed by atoms with E-state index in [1.807, 2.05) is 157 Å². The zero-order chi connectivity index (χ0) is 33.8. The highest BCUT2D eigenvalue weighted by atomic mass is 16.5.